The highest BCUT2D eigenvalue weighted by Gasteiger charge is 2.29. The summed E-state index contributed by atoms with van der Waals surface area (Å²) in [5, 5.41) is 0. The summed E-state index contributed by atoms with van der Waals surface area (Å²) < 4.78 is 35.5. The predicted molar refractivity (Wildman–Crippen MR) is 129 cm³/mol. The molecule has 1 N–H and O–H groups in total. The molecular formula is C25H25N3O5S. The minimum Gasteiger partial charge on any atom is -0.408 e. The number of amides is 1. The first-order valence-electron chi connectivity index (χ1n) is 10.7. The highest BCUT2D eigenvalue weighted by molar-refractivity contribution is 7.89. The van der Waals surface area contributed by atoms with E-state index in [1.54, 1.807) is 7.05 Å². The van der Waals surface area contributed by atoms with Crippen LogP contribution in [-0.4, -0.2) is 36.9 Å². The molecular weight excluding hydrogens is 454 g/mol. The van der Waals surface area contributed by atoms with Crippen LogP contribution >= 0.6 is 0 Å². The van der Waals surface area contributed by atoms with Crippen molar-refractivity contribution in [3.05, 3.63) is 101 Å². The lowest BCUT2D eigenvalue weighted by atomic mass is 10.1. The fourth-order valence-electron chi connectivity index (χ4n) is 3.77. The predicted octanol–water partition coefficient (Wildman–Crippen LogP) is 2.68. The molecule has 1 aromatic heterocycles. The van der Waals surface area contributed by atoms with E-state index in [1.807, 2.05) is 60.7 Å². The van der Waals surface area contributed by atoms with Gasteiger partial charge in [0, 0.05) is 26.7 Å². The van der Waals surface area contributed by atoms with Crippen LogP contribution in [0.3, 0.4) is 0 Å². The van der Waals surface area contributed by atoms with E-state index in [1.165, 1.54) is 34.7 Å². The summed E-state index contributed by atoms with van der Waals surface area (Å²) in [4.78, 5) is 26.5. The smallest absolute Gasteiger partial charge is 0.408 e. The standard InChI is InChI=1S/C25H25N3O5S/c1-27(17-19-11-7-4-8-12-19)24(29)21(15-18-9-5-3-6-10-18)26-34(31,32)20-13-14-22-23(16-20)33-25(30)28(22)2/h3-14,16,21,26H,15,17H2,1-2H3/t21-/m1/s1. The van der Waals surface area contributed by atoms with Crippen molar-refractivity contribution >= 4 is 27.0 Å². The highest BCUT2D eigenvalue weighted by atomic mass is 32.2. The molecule has 34 heavy (non-hydrogen) atoms. The monoisotopic (exact) mass is 479 g/mol. The van der Waals surface area contributed by atoms with Gasteiger partial charge < -0.3 is 9.32 Å². The van der Waals surface area contributed by atoms with Crippen LogP contribution in [0.4, 0.5) is 0 Å². The Morgan fingerprint density at radius 1 is 1.00 bits per heavy atom. The summed E-state index contributed by atoms with van der Waals surface area (Å²) in [5.74, 6) is -0.944. The molecule has 4 rings (SSSR count). The second-order valence-electron chi connectivity index (χ2n) is 8.10. The summed E-state index contributed by atoms with van der Waals surface area (Å²) >= 11 is 0. The largest absolute Gasteiger partial charge is 0.419 e. The Labute approximate surface area is 197 Å². The number of fused-ring (bicyclic) bond motifs is 1. The molecule has 0 fully saturated rings. The number of rotatable bonds is 8. The van der Waals surface area contributed by atoms with Crippen molar-refractivity contribution in [1.29, 1.82) is 0 Å². The van der Waals surface area contributed by atoms with Crippen LogP contribution in [0.2, 0.25) is 0 Å². The zero-order chi connectivity index (χ0) is 24.3. The van der Waals surface area contributed by atoms with Gasteiger partial charge in [0.1, 0.15) is 6.04 Å². The zero-order valence-electron chi connectivity index (χ0n) is 18.8. The maximum absolute atomic E-state index is 13.4. The Kier molecular flexibility index (Phi) is 6.67. The van der Waals surface area contributed by atoms with Gasteiger partial charge in [-0.3, -0.25) is 9.36 Å². The van der Waals surface area contributed by atoms with E-state index in [0.29, 0.717) is 12.1 Å². The van der Waals surface area contributed by atoms with Crippen LogP contribution in [-0.2, 0) is 34.8 Å². The second kappa shape index (κ2) is 9.66. The average Bonchev–Trinajstić information content (AvgIpc) is 3.12. The third-order valence-electron chi connectivity index (χ3n) is 5.59. The number of aromatic nitrogens is 1. The SMILES string of the molecule is CN(Cc1ccccc1)C(=O)[C@@H](Cc1ccccc1)NS(=O)(=O)c1ccc2c(c1)oc(=O)n2C. The molecule has 1 amide bonds. The third kappa shape index (κ3) is 5.11. The molecule has 1 heterocycles. The normalized spacial score (nSPS) is 12.5. The fraction of sp³-hybridized carbons (Fsp3) is 0.200. The van der Waals surface area contributed by atoms with E-state index in [4.69, 9.17) is 4.42 Å². The van der Waals surface area contributed by atoms with Crippen LogP contribution in [0.15, 0.2) is 93.0 Å². The van der Waals surface area contributed by atoms with Gasteiger partial charge in [0.05, 0.1) is 10.4 Å². The fourth-order valence-corrected chi connectivity index (χ4v) is 4.97. The van der Waals surface area contributed by atoms with Crippen molar-refractivity contribution in [3.8, 4) is 0 Å². The Hall–Kier alpha value is -3.69. The lowest BCUT2D eigenvalue weighted by Gasteiger charge is -2.25. The number of nitrogens with one attached hydrogen (secondary N) is 1. The Morgan fingerprint density at radius 2 is 1.62 bits per heavy atom. The lowest BCUT2D eigenvalue weighted by Crippen LogP contribution is -2.48. The number of benzene rings is 3. The van der Waals surface area contributed by atoms with Gasteiger partial charge in [-0.15, -0.1) is 0 Å². The molecule has 176 valence electrons. The maximum Gasteiger partial charge on any atom is 0.419 e. The lowest BCUT2D eigenvalue weighted by molar-refractivity contribution is -0.132. The first-order chi connectivity index (χ1) is 16.2. The Balaban J connectivity index is 1.62. The van der Waals surface area contributed by atoms with Crippen molar-refractivity contribution in [3.63, 3.8) is 0 Å². The summed E-state index contributed by atoms with van der Waals surface area (Å²) in [6.45, 7) is 0.341. The molecule has 9 heteroatoms. The number of hydrogen-bond acceptors (Lipinski definition) is 5. The molecule has 0 unspecified atom stereocenters. The average molecular weight is 480 g/mol. The number of nitrogens with zero attached hydrogens (tertiary/aromatic N) is 2. The number of carbonyl (C=O) groups is 1. The summed E-state index contributed by atoms with van der Waals surface area (Å²) in [6.07, 6.45) is 0.181. The van der Waals surface area contributed by atoms with Crippen LogP contribution in [0.25, 0.3) is 11.1 Å². The summed E-state index contributed by atoms with van der Waals surface area (Å²) in [6, 6.07) is 21.8. The van der Waals surface area contributed by atoms with E-state index in [9.17, 15) is 18.0 Å². The summed E-state index contributed by atoms with van der Waals surface area (Å²) in [5.41, 5.74) is 2.39. The van der Waals surface area contributed by atoms with Gasteiger partial charge >= 0.3 is 5.76 Å². The van der Waals surface area contributed by atoms with Gasteiger partial charge in [-0.05, 0) is 29.7 Å². The third-order valence-corrected chi connectivity index (χ3v) is 7.06. The van der Waals surface area contributed by atoms with Crippen molar-refractivity contribution in [2.24, 2.45) is 7.05 Å². The first kappa shape index (κ1) is 23.5. The van der Waals surface area contributed by atoms with Crippen molar-refractivity contribution in [2.75, 3.05) is 7.05 Å². The molecule has 4 aromatic rings. The number of hydrogen-bond donors (Lipinski definition) is 1. The topological polar surface area (TPSA) is 102 Å². The van der Waals surface area contributed by atoms with Crippen LogP contribution in [0.5, 0.6) is 0 Å². The van der Waals surface area contributed by atoms with Gasteiger partial charge in [0.25, 0.3) is 0 Å². The van der Waals surface area contributed by atoms with E-state index in [0.717, 1.165) is 11.1 Å². The summed E-state index contributed by atoms with van der Waals surface area (Å²) in [7, 11) is -0.910. The molecule has 0 aliphatic rings. The molecule has 0 radical (unpaired) electrons. The Morgan fingerprint density at radius 3 is 2.26 bits per heavy atom. The molecule has 0 saturated heterocycles. The van der Waals surface area contributed by atoms with Crippen molar-refractivity contribution in [2.45, 2.75) is 23.9 Å². The number of likely N-dealkylation sites (N-methyl/N-ethyl adjacent to an activating group) is 1. The molecule has 3 aromatic carbocycles. The van der Waals surface area contributed by atoms with E-state index in [-0.39, 0.29) is 22.8 Å². The van der Waals surface area contributed by atoms with Gasteiger partial charge in [0.2, 0.25) is 15.9 Å². The van der Waals surface area contributed by atoms with E-state index < -0.39 is 21.8 Å². The number of oxazole rings is 1. The van der Waals surface area contributed by atoms with E-state index >= 15 is 0 Å². The molecule has 0 saturated carbocycles. The number of sulfonamides is 1. The second-order valence-corrected chi connectivity index (χ2v) is 9.81. The minimum atomic E-state index is -4.09. The molecule has 0 bridgehead atoms. The van der Waals surface area contributed by atoms with Crippen LogP contribution in [0.1, 0.15) is 11.1 Å². The molecule has 0 aliphatic heterocycles. The van der Waals surface area contributed by atoms with Crippen molar-refractivity contribution < 1.29 is 17.6 Å². The quantitative estimate of drug-likeness (QED) is 0.419. The Bertz CT molecular complexity index is 1460. The molecule has 0 aliphatic carbocycles. The first-order valence-corrected chi connectivity index (χ1v) is 12.2. The van der Waals surface area contributed by atoms with Crippen LogP contribution < -0.4 is 10.5 Å². The number of aryl methyl sites for hydroxylation is 1. The zero-order valence-corrected chi connectivity index (χ0v) is 19.7. The minimum absolute atomic E-state index is 0.0917. The van der Waals surface area contributed by atoms with Gasteiger partial charge in [-0.25, -0.2) is 13.2 Å². The van der Waals surface area contributed by atoms with Crippen LogP contribution in [0, 0.1) is 0 Å². The number of carbonyl (C=O) groups excluding carboxylic acids is 1. The highest BCUT2D eigenvalue weighted by Crippen LogP contribution is 2.19. The maximum atomic E-state index is 13.4. The van der Waals surface area contributed by atoms with Gasteiger partial charge in [-0.1, -0.05) is 60.7 Å². The van der Waals surface area contributed by atoms with Crippen molar-refractivity contribution in [1.82, 2.24) is 14.2 Å². The van der Waals surface area contributed by atoms with Gasteiger partial charge in [0.15, 0.2) is 5.58 Å². The van der Waals surface area contributed by atoms with Gasteiger partial charge in [-0.2, -0.15) is 4.72 Å². The molecule has 1 atom stereocenters. The molecule has 8 nitrogen and oxygen atoms in total. The molecule has 0 spiro atoms. The van der Waals surface area contributed by atoms with E-state index in [2.05, 4.69) is 4.72 Å².